The monoisotopic (exact) mass is 279 g/mol. The zero-order chi connectivity index (χ0) is 14.2. The van der Waals surface area contributed by atoms with E-state index in [1.165, 1.54) is 12.0 Å². The van der Waals surface area contributed by atoms with E-state index in [-0.39, 0.29) is 0 Å². The predicted molar refractivity (Wildman–Crippen MR) is 79.5 cm³/mol. The van der Waals surface area contributed by atoms with E-state index in [2.05, 4.69) is 18.3 Å². The number of benzene rings is 1. The maximum Gasteiger partial charge on any atom is 0.127 e. The summed E-state index contributed by atoms with van der Waals surface area (Å²) in [5, 5.41) is 3.33. The first-order valence-electron chi connectivity index (χ1n) is 7.45. The molecule has 0 aliphatic carbocycles. The van der Waals surface area contributed by atoms with E-state index < -0.39 is 0 Å². The molecule has 0 aromatic heterocycles. The minimum absolute atomic E-state index is 0.373. The second-order valence-electron chi connectivity index (χ2n) is 5.03. The molecule has 0 bridgehead atoms. The van der Waals surface area contributed by atoms with Crippen molar-refractivity contribution in [3.05, 3.63) is 23.8 Å². The molecule has 0 spiro atoms. The van der Waals surface area contributed by atoms with Gasteiger partial charge in [0.1, 0.15) is 11.5 Å². The minimum Gasteiger partial charge on any atom is -0.497 e. The zero-order valence-electron chi connectivity index (χ0n) is 12.5. The van der Waals surface area contributed by atoms with Gasteiger partial charge in [-0.25, -0.2) is 0 Å². The van der Waals surface area contributed by atoms with Crippen molar-refractivity contribution in [2.75, 3.05) is 26.9 Å². The van der Waals surface area contributed by atoms with Crippen molar-refractivity contribution in [2.24, 2.45) is 0 Å². The highest BCUT2D eigenvalue weighted by Gasteiger charge is 2.15. The van der Waals surface area contributed by atoms with E-state index in [0.717, 1.165) is 44.0 Å². The van der Waals surface area contributed by atoms with Crippen molar-refractivity contribution in [1.29, 1.82) is 0 Å². The molecule has 0 radical (unpaired) electrons. The molecule has 20 heavy (non-hydrogen) atoms. The molecular weight excluding hydrogens is 254 g/mol. The number of hydrogen-bond acceptors (Lipinski definition) is 4. The van der Waals surface area contributed by atoms with E-state index in [4.69, 9.17) is 14.2 Å². The third-order valence-corrected chi connectivity index (χ3v) is 3.56. The van der Waals surface area contributed by atoms with Crippen LogP contribution in [0.3, 0.4) is 0 Å². The maximum atomic E-state index is 5.94. The largest absolute Gasteiger partial charge is 0.497 e. The lowest BCUT2D eigenvalue weighted by Crippen LogP contribution is -2.14. The lowest BCUT2D eigenvalue weighted by atomic mass is 10.1. The number of rotatable bonds is 8. The van der Waals surface area contributed by atoms with Crippen LogP contribution in [0.5, 0.6) is 11.5 Å². The van der Waals surface area contributed by atoms with Crippen LogP contribution in [-0.2, 0) is 11.3 Å². The third-order valence-electron chi connectivity index (χ3n) is 3.56. The second-order valence-corrected chi connectivity index (χ2v) is 5.03. The summed E-state index contributed by atoms with van der Waals surface area (Å²) in [5.74, 6) is 1.74. The number of methoxy groups -OCH3 is 1. The topological polar surface area (TPSA) is 39.7 Å². The Labute approximate surface area is 121 Å². The third kappa shape index (κ3) is 4.39. The molecule has 4 heteroatoms. The SMILES string of the molecule is CCNCc1ccc(OC)cc1OCCC1CCCO1. The van der Waals surface area contributed by atoms with Crippen molar-refractivity contribution >= 4 is 0 Å². The first-order valence-corrected chi connectivity index (χ1v) is 7.45. The van der Waals surface area contributed by atoms with Crippen molar-refractivity contribution in [1.82, 2.24) is 5.32 Å². The standard InChI is InChI=1S/C16H25NO3/c1-3-17-12-13-6-7-15(18-2)11-16(13)20-10-8-14-5-4-9-19-14/h6-7,11,14,17H,3-5,8-10,12H2,1-2H3. The molecule has 1 aliphatic rings. The molecule has 0 saturated carbocycles. The first-order chi connectivity index (χ1) is 9.83. The first kappa shape index (κ1) is 15.1. The molecule has 1 aromatic carbocycles. The Morgan fingerprint density at radius 3 is 3.00 bits per heavy atom. The Hall–Kier alpha value is -1.26. The summed E-state index contributed by atoms with van der Waals surface area (Å²) < 4.78 is 16.8. The van der Waals surface area contributed by atoms with Crippen LogP contribution in [0.1, 0.15) is 31.7 Å². The Morgan fingerprint density at radius 2 is 2.30 bits per heavy atom. The van der Waals surface area contributed by atoms with Gasteiger partial charge >= 0.3 is 0 Å². The van der Waals surface area contributed by atoms with Gasteiger partial charge in [0.25, 0.3) is 0 Å². The molecule has 1 saturated heterocycles. The van der Waals surface area contributed by atoms with Crippen molar-refractivity contribution in [2.45, 2.75) is 38.8 Å². The quantitative estimate of drug-likeness (QED) is 0.794. The molecule has 1 fully saturated rings. The molecule has 2 rings (SSSR count). The van der Waals surface area contributed by atoms with Gasteiger partial charge < -0.3 is 19.5 Å². The zero-order valence-corrected chi connectivity index (χ0v) is 12.5. The molecule has 1 aliphatic heterocycles. The lowest BCUT2D eigenvalue weighted by Gasteiger charge is -2.15. The average molecular weight is 279 g/mol. The fourth-order valence-corrected chi connectivity index (χ4v) is 2.37. The van der Waals surface area contributed by atoms with Gasteiger partial charge in [0, 0.05) is 31.2 Å². The summed E-state index contributed by atoms with van der Waals surface area (Å²) in [6, 6.07) is 5.99. The summed E-state index contributed by atoms with van der Waals surface area (Å²) in [4.78, 5) is 0. The van der Waals surface area contributed by atoms with E-state index >= 15 is 0 Å². The lowest BCUT2D eigenvalue weighted by molar-refractivity contribution is 0.0901. The van der Waals surface area contributed by atoms with Crippen LogP contribution in [0.25, 0.3) is 0 Å². The fraction of sp³-hybridized carbons (Fsp3) is 0.625. The summed E-state index contributed by atoms with van der Waals surface area (Å²) in [5.41, 5.74) is 1.17. The normalized spacial score (nSPS) is 18.2. The van der Waals surface area contributed by atoms with Gasteiger partial charge in [-0.1, -0.05) is 13.0 Å². The fourth-order valence-electron chi connectivity index (χ4n) is 2.37. The molecule has 112 valence electrons. The Kier molecular flexibility index (Phi) is 6.15. The van der Waals surface area contributed by atoms with Crippen LogP contribution < -0.4 is 14.8 Å². The molecule has 1 N–H and O–H groups in total. The maximum absolute atomic E-state index is 5.94. The molecule has 1 atom stereocenters. The summed E-state index contributed by atoms with van der Waals surface area (Å²) in [7, 11) is 1.68. The van der Waals surface area contributed by atoms with E-state index in [9.17, 15) is 0 Å². The van der Waals surface area contributed by atoms with Crippen LogP contribution in [0.4, 0.5) is 0 Å². The Bertz CT molecular complexity index is 403. The summed E-state index contributed by atoms with van der Waals surface area (Å²) in [6.45, 7) is 5.45. The average Bonchev–Trinajstić information content (AvgIpc) is 2.99. The van der Waals surface area contributed by atoms with Gasteiger partial charge in [-0.2, -0.15) is 0 Å². The van der Waals surface area contributed by atoms with Crippen molar-refractivity contribution in [3.63, 3.8) is 0 Å². The minimum atomic E-state index is 0.373. The molecule has 1 aromatic rings. The van der Waals surface area contributed by atoms with Crippen LogP contribution in [0.2, 0.25) is 0 Å². The Morgan fingerprint density at radius 1 is 1.40 bits per heavy atom. The van der Waals surface area contributed by atoms with Crippen molar-refractivity contribution < 1.29 is 14.2 Å². The molecule has 0 amide bonds. The molecule has 1 unspecified atom stereocenters. The molecule has 4 nitrogen and oxygen atoms in total. The van der Waals surface area contributed by atoms with Gasteiger partial charge in [0.05, 0.1) is 19.8 Å². The molecular formula is C16H25NO3. The van der Waals surface area contributed by atoms with Crippen LogP contribution in [-0.4, -0.2) is 33.0 Å². The predicted octanol–water partition coefficient (Wildman–Crippen LogP) is 2.75. The van der Waals surface area contributed by atoms with Crippen LogP contribution in [0, 0.1) is 0 Å². The van der Waals surface area contributed by atoms with Crippen LogP contribution >= 0.6 is 0 Å². The van der Waals surface area contributed by atoms with Gasteiger partial charge in [-0.15, -0.1) is 0 Å². The van der Waals surface area contributed by atoms with Gasteiger partial charge in [-0.05, 0) is 25.5 Å². The van der Waals surface area contributed by atoms with E-state index in [1.54, 1.807) is 7.11 Å². The number of nitrogens with one attached hydrogen (secondary N) is 1. The summed E-state index contributed by atoms with van der Waals surface area (Å²) >= 11 is 0. The Balaban J connectivity index is 1.91. The van der Waals surface area contributed by atoms with Crippen molar-refractivity contribution in [3.8, 4) is 11.5 Å². The second kappa shape index (κ2) is 8.12. The highest BCUT2D eigenvalue weighted by Crippen LogP contribution is 2.25. The van der Waals surface area contributed by atoms with Crippen LogP contribution in [0.15, 0.2) is 18.2 Å². The van der Waals surface area contributed by atoms with E-state index in [1.807, 2.05) is 12.1 Å². The van der Waals surface area contributed by atoms with E-state index in [0.29, 0.717) is 12.7 Å². The highest BCUT2D eigenvalue weighted by molar-refractivity contribution is 5.40. The van der Waals surface area contributed by atoms with Gasteiger partial charge in [-0.3, -0.25) is 0 Å². The summed E-state index contributed by atoms with van der Waals surface area (Å²) in [6.07, 6.45) is 3.66. The highest BCUT2D eigenvalue weighted by atomic mass is 16.5. The van der Waals surface area contributed by atoms with Gasteiger partial charge in [0.15, 0.2) is 0 Å². The smallest absolute Gasteiger partial charge is 0.127 e. The number of hydrogen-bond donors (Lipinski definition) is 1. The number of ether oxygens (including phenoxy) is 3. The molecule has 1 heterocycles. The van der Waals surface area contributed by atoms with Gasteiger partial charge in [0.2, 0.25) is 0 Å².